The Bertz CT molecular complexity index is 469. The molecule has 1 spiro atoms. The molecule has 0 radical (unpaired) electrons. The summed E-state index contributed by atoms with van der Waals surface area (Å²) in [4.78, 5) is 45.0. The van der Waals surface area contributed by atoms with Gasteiger partial charge in [-0.1, -0.05) is 0 Å². The molecule has 0 bridgehead atoms. The monoisotopic (exact) mass is 208 g/mol. The highest BCUT2D eigenvalue weighted by Crippen LogP contribution is 2.52. The molecule has 0 amide bonds. The van der Waals surface area contributed by atoms with Crippen molar-refractivity contribution in [2.45, 2.75) is 12.8 Å². The van der Waals surface area contributed by atoms with Crippen LogP contribution in [0, 0.1) is 5.41 Å². The molecular formula is C9H4O6. The topological polar surface area (TPSA) is 86.7 Å². The van der Waals surface area contributed by atoms with Gasteiger partial charge in [0.15, 0.2) is 5.41 Å². The number of esters is 4. The maximum absolute atomic E-state index is 11.3. The first-order valence-electron chi connectivity index (χ1n) is 4.34. The second-order valence-corrected chi connectivity index (χ2v) is 3.61. The molecule has 6 nitrogen and oxygen atoms in total. The summed E-state index contributed by atoms with van der Waals surface area (Å²) in [5, 5.41) is 0. The third kappa shape index (κ3) is 0.683. The first kappa shape index (κ1) is 8.34. The minimum Gasteiger partial charge on any atom is -0.391 e. The Morgan fingerprint density at radius 3 is 2.20 bits per heavy atom. The second-order valence-electron chi connectivity index (χ2n) is 3.61. The molecule has 0 unspecified atom stereocenters. The first-order valence-corrected chi connectivity index (χ1v) is 4.34. The van der Waals surface area contributed by atoms with E-state index in [1.54, 1.807) is 0 Å². The molecule has 76 valence electrons. The normalized spacial score (nSPS) is 26.7. The van der Waals surface area contributed by atoms with E-state index in [0.29, 0.717) is 0 Å². The van der Waals surface area contributed by atoms with Gasteiger partial charge < -0.3 is 9.47 Å². The molecule has 1 aliphatic carbocycles. The highest BCUT2D eigenvalue weighted by atomic mass is 16.6. The molecule has 3 aliphatic rings. The van der Waals surface area contributed by atoms with E-state index in [2.05, 4.69) is 9.47 Å². The average Bonchev–Trinajstić information content (AvgIpc) is 2.69. The van der Waals surface area contributed by atoms with Crippen molar-refractivity contribution in [3.8, 4) is 0 Å². The van der Waals surface area contributed by atoms with Crippen molar-refractivity contribution in [3.05, 3.63) is 11.1 Å². The molecule has 0 saturated carbocycles. The summed E-state index contributed by atoms with van der Waals surface area (Å²) in [7, 11) is 0. The van der Waals surface area contributed by atoms with Gasteiger partial charge in [0.25, 0.3) is 0 Å². The lowest BCUT2D eigenvalue weighted by Gasteiger charge is -2.32. The van der Waals surface area contributed by atoms with Gasteiger partial charge in [-0.25, -0.2) is 19.2 Å². The Morgan fingerprint density at radius 1 is 0.933 bits per heavy atom. The second kappa shape index (κ2) is 2.16. The summed E-state index contributed by atoms with van der Waals surface area (Å²) in [6.07, 6.45) is 0.344. The van der Waals surface area contributed by atoms with Crippen molar-refractivity contribution in [3.63, 3.8) is 0 Å². The summed E-state index contributed by atoms with van der Waals surface area (Å²) in [6, 6.07) is 0. The van der Waals surface area contributed by atoms with E-state index in [1.165, 1.54) is 0 Å². The quantitative estimate of drug-likeness (QED) is 0.383. The van der Waals surface area contributed by atoms with Crippen molar-refractivity contribution in [1.82, 2.24) is 0 Å². The number of carbonyl (C=O) groups excluding carboxylic acids is 4. The molecule has 1 saturated heterocycles. The van der Waals surface area contributed by atoms with Gasteiger partial charge in [-0.2, -0.15) is 0 Å². The minimum atomic E-state index is -1.53. The third-order valence-electron chi connectivity index (χ3n) is 3.00. The minimum absolute atomic E-state index is 0.103. The molecule has 6 heteroatoms. The van der Waals surface area contributed by atoms with Crippen LogP contribution in [0.1, 0.15) is 12.8 Å². The van der Waals surface area contributed by atoms with Crippen LogP contribution in [0.25, 0.3) is 0 Å². The van der Waals surface area contributed by atoms with Crippen LogP contribution in [0.2, 0.25) is 0 Å². The van der Waals surface area contributed by atoms with E-state index in [0.717, 1.165) is 0 Å². The highest BCUT2D eigenvalue weighted by Gasteiger charge is 2.68. The van der Waals surface area contributed by atoms with Gasteiger partial charge in [-0.05, 0) is 12.8 Å². The fourth-order valence-corrected chi connectivity index (χ4v) is 2.22. The van der Waals surface area contributed by atoms with Crippen molar-refractivity contribution >= 4 is 23.9 Å². The molecule has 2 aliphatic heterocycles. The third-order valence-corrected chi connectivity index (χ3v) is 3.00. The lowest BCUT2D eigenvalue weighted by atomic mass is 9.77. The van der Waals surface area contributed by atoms with Gasteiger partial charge in [-0.15, -0.1) is 0 Å². The van der Waals surface area contributed by atoms with Crippen LogP contribution in [-0.4, -0.2) is 23.9 Å². The van der Waals surface area contributed by atoms with Crippen molar-refractivity contribution in [1.29, 1.82) is 0 Å². The fraction of sp³-hybridized carbons (Fsp3) is 0.333. The van der Waals surface area contributed by atoms with E-state index in [9.17, 15) is 19.2 Å². The van der Waals surface area contributed by atoms with Crippen molar-refractivity contribution < 1.29 is 28.7 Å². The number of rotatable bonds is 0. The molecule has 0 atom stereocenters. The van der Waals surface area contributed by atoms with E-state index in [1.807, 2.05) is 0 Å². The summed E-state index contributed by atoms with van der Waals surface area (Å²) in [6.45, 7) is 0. The number of hydrogen-bond donors (Lipinski definition) is 0. The van der Waals surface area contributed by atoms with Crippen LogP contribution in [0.5, 0.6) is 0 Å². The summed E-state index contributed by atoms with van der Waals surface area (Å²) < 4.78 is 8.58. The van der Waals surface area contributed by atoms with Gasteiger partial charge in [-0.3, -0.25) is 0 Å². The lowest BCUT2D eigenvalue weighted by Crippen LogP contribution is -2.54. The van der Waals surface area contributed by atoms with Gasteiger partial charge in [0.2, 0.25) is 0 Å². The van der Waals surface area contributed by atoms with Crippen LogP contribution in [0.15, 0.2) is 11.1 Å². The maximum atomic E-state index is 11.3. The summed E-state index contributed by atoms with van der Waals surface area (Å²) >= 11 is 0. The largest absolute Gasteiger partial charge is 0.391 e. The average molecular weight is 208 g/mol. The predicted octanol–water partition coefficient (Wildman–Crippen LogP) is -0.770. The Hall–Kier alpha value is -1.98. The molecule has 0 N–H and O–H groups in total. The van der Waals surface area contributed by atoms with Crippen LogP contribution < -0.4 is 0 Å². The highest BCUT2D eigenvalue weighted by molar-refractivity contribution is 6.27. The standard InChI is InChI=1S/C9H4O6/c10-5-3-1-2-9(4(3)6(11)14-5)7(12)15-8(9)13/h1-2H2. The maximum Gasteiger partial charge on any atom is 0.344 e. The van der Waals surface area contributed by atoms with Gasteiger partial charge in [0.1, 0.15) is 0 Å². The van der Waals surface area contributed by atoms with Crippen molar-refractivity contribution in [2.24, 2.45) is 5.41 Å². The van der Waals surface area contributed by atoms with Gasteiger partial charge >= 0.3 is 23.9 Å². The number of hydrogen-bond acceptors (Lipinski definition) is 6. The molecule has 1 fully saturated rings. The van der Waals surface area contributed by atoms with Crippen LogP contribution >= 0.6 is 0 Å². The van der Waals surface area contributed by atoms with Gasteiger partial charge in [0.05, 0.1) is 5.57 Å². The SMILES string of the molecule is O=C1OC(=O)C2=C1CCC21C(=O)OC1=O. The number of carbonyl (C=O) groups is 4. The van der Waals surface area contributed by atoms with Crippen LogP contribution in [-0.2, 0) is 28.7 Å². The van der Waals surface area contributed by atoms with E-state index in [-0.39, 0.29) is 24.0 Å². The van der Waals surface area contributed by atoms with E-state index < -0.39 is 29.3 Å². The molecular weight excluding hydrogens is 204 g/mol. The zero-order chi connectivity index (χ0) is 10.8. The predicted molar refractivity (Wildman–Crippen MR) is 40.9 cm³/mol. The molecule has 0 aromatic rings. The number of ether oxygens (including phenoxy) is 2. The zero-order valence-corrected chi connectivity index (χ0v) is 7.36. The first-order chi connectivity index (χ1) is 7.07. The Balaban J connectivity index is 2.20. The van der Waals surface area contributed by atoms with E-state index >= 15 is 0 Å². The molecule has 0 aromatic heterocycles. The molecule has 0 aromatic carbocycles. The smallest absolute Gasteiger partial charge is 0.344 e. The summed E-state index contributed by atoms with van der Waals surface area (Å²) in [5.41, 5.74) is -1.49. The van der Waals surface area contributed by atoms with Gasteiger partial charge in [0, 0.05) is 5.57 Å². The number of fused-ring (bicyclic) bond motifs is 1. The molecule has 2 heterocycles. The molecule has 3 rings (SSSR count). The van der Waals surface area contributed by atoms with Crippen molar-refractivity contribution in [2.75, 3.05) is 0 Å². The Labute approximate surface area is 82.8 Å². The van der Waals surface area contributed by atoms with Crippen LogP contribution in [0.3, 0.4) is 0 Å². The fourth-order valence-electron chi connectivity index (χ4n) is 2.22. The van der Waals surface area contributed by atoms with Crippen LogP contribution in [0.4, 0.5) is 0 Å². The summed E-state index contributed by atoms with van der Waals surface area (Å²) in [5.74, 6) is -3.16. The molecule has 15 heavy (non-hydrogen) atoms. The Morgan fingerprint density at radius 2 is 1.60 bits per heavy atom. The van der Waals surface area contributed by atoms with E-state index in [4.69, 9.17) is 0 Å². The zero-order valence-electron chi connectivity index (χ0n) is 7.36. The number of cyclic esters (lactones) is 4. The Kier molecular flexibility index (Phi) is 1.20. The lowest BCUT2D eigenvalue weighted by molar-refractivity contribution is -0.194.